The molecule has 1 aromatic carbocycles. The first-order chi connectivity index (χ1) is 17.8. The number of carbonyl (C=O) groups excluding carboxylic acids is 3. The molecule has 198 valence electrons. The Kier molecular flexibility index (Phi) is 7.18. The lowest BCUT2D eigenvalue weighted by Crippen LogP contribution is -2.59. The molecule has 0 aliphatic carbocycles. The maximum Gasteiger partial charge on any atom is 0.312 e. The van der Waals surface area contributed by atoms with Crippen LogP contribution in [0.3, 0.4) is 0 Å². The highest BCUT2D eigenvalue weighted by atomic mass is 35.5. The second-order valence-corrected chi connectivity index (χ2v) is 10.9. The van der Waals surface area contributed by atoms with Gasteiger partial charge in [0.2, 0.25) is 5.91 Å². The molecule has 2 saturated heterocycles. The molecular formula is C28H33ClN2O6. The third-order valence-corrected chi connectivity index (χ3v) is 8.24. The second kappa shape index (κ2) is 10.2. The van der Waals surface area contributed by atoms with Crippen LogP contribution in [0.25, 0.3) is 0 Å². The predicted molar refractivity (Wildman–Crippen MR) is 138 cm³/mol. The van der Waals surface area contributed by atoms with Crippen molar-refractivity contribution < 1.29 is 29.0 Å². The van der Waals surface area contributed by atoms with Gasteiger partial charge >= 0.3 is 5.97 Å². The van der Waals surface area contributed by atoms with Gasteiger partial charge in [0.05, 0.1) is 31.3 Å². The molecule has 8 nitrogen and oxygen atoms in total. The lowest BCUT2D eigenvalue weighted by Gasteiger charge is -2.39. The zero-order valence-corrected chi connectivity index (χ0v) is 21.8. The van der Waals surface area contributed by atoms with E-state index in [2.05, 4.69) is 0 Å². The summed E-state index contributed by atoms with van der Waals surface area (Å²) in [7, 11) is 0. The number of aliphatic hydroxyl groups excluding tert-OH is 1. The smallest absolute Gasteiger partial charge is 0.312 e. The number of likely N-dealkylation sites (tertiary alicyclic amines) is 1. The minimum absolute atomic E-state index is 0.138. The van der Waals surface area contributed by atoms with Crippen molar-refractivity contribution in [3.05, 3.63) is 53.6 Å². The molecule has 4 aliphatic heterocycles. The molecule has 0 bridgehead atoms. The molecule has 0 aromatic heterocycles. The van der Waals surface area contributed by atoms with E-state index in [4.69, 9.17) is 21.1 Å². The van der Waals surface area contributed by atoms with Crippen molar-refractivity contribution in [3.8, 4) is 0 Å². The minimum Gasteiger partial charge on any atom is -0.465 e. The average Bonchev–Trinajstić information content (AvgIpc) is 3.25. The Labute approximate surface area is 221 Å². The zero-order chi connectivity index (χ0) is 26.3. The molecule has 1 spiro atoms. The van der Waals surface area contributed by atoms with Crippen LogP contribution < -0.4 is 4.90 Å². The highest BCUT2D eigenvalue weighted by molar-refractivity contribution is 6.30. The van der Waals surface area contributed by atoms with Crippen LogP contribution in [-0.4, -0.2) is 71.3 Å². The Bertz CT molecular complexity index is 1120. The van der Waals surface area contributed by atoms with Gasteiger partial charge in [-0.3, -0.25) is 14.4 Å². The molecule has 37 heavy (non-hydrogen) atoms. The Morgan fingerprint density at radius 3 is 2.57 bits per heavy atom. The summed E-state index contributed by atoms with van der Waals surface area (Å²) in [6.07, 6.45) is 9.17. The van der Waals surface area contributed by atoms with E-state index >= 15 is 0 Å². The van der Waals surface area contributed by atoms with Crippen molar-refractivity contribution in [1.29, 1.82) is 0 Å². The highest BCUT2D eigenvalue weighted by Crippen LogP contribution is 2.54. The molecule has 2 fully saturated rings. The Balaban J connectivity index is 1.64. The van der Waals surface area contributed by atoms with Crippen LogP contribution in [0.15, 0.2) is 48.6 Å². The molecule has 9 heteroatoms. The van der Waals surface area contributed by atoms with E-state index in [-0.39, 0.29) is 37.5 Å². The largest absolute Gasteiger partial charge is 0.465 e. The van der Waals surface area contributed by atoms with Gasteiger partial charge in [0.25, 0.3) is 5.91 Å². The number of benzene rings is 1. The number of halogens is 1. The van der Waals surface area contributed by atoms with E-state index in [1.807, 2.05) is 32.1 Å². The van der Waals surface area contributed by atoms with E-state index in [0.29, 0.717) is 10.7 Å². The number of hydrogen-bond donors (Lipinski definition) is 1. The standard InChI is InChI=1S/C28H33ClN2O6/c1-17(2)20(16-32)31-24-26(34)30(19-11-9-18(29)10-12-19)14-7-13-28(24)23(25(31)33)22-21(37-28)8-5-3-4-6-15-36-27(22)35/h5,7-13,17,20-24,32H,3-4,6,14-16H2,1-2H3/b8-5-/t20-,21-,22+,23-,24?,28-/m0/s1. The molecule has 1 unspecified atom stereocenters. The van der Waals surface area contributed by atoms with Gasteiger partial charge in [-0.1, -0.05) is 49.8 Å². The van der Waals surface area contributed by atoms with Crippen LogP contribution in [0.5, 0.6) is 0 Å². The van der Waals surface area contributed by atoms with Gasteiger partial charge in [0.15, 0.2) is 0 Å². The first-order valence-electron chi connectivity index (χ1n) is 13.0. The van der Waals surface area contributed by atoms with Crippen molar-refractivity contribution in [2.45, 2.75) is 56.9 Å². The normalized spacial score (nSPS) is 33.5. The molecule has 4 heterocycles. The number of aliphatic hydroxyl groups is 1. The molecule has 1 aromatic rings. The van der Waals surface area contributed by atoms with Crippen LogP contribution >= 0.6 is 11.6 Å². The van der Waals surface area contributed by atoms with Crippen molar-refractivity contribution in [1.82, 2.24) is 4.90 Å². The second-order valence-electron chi connectivity index (χ2n) is 10.5. The highest BCUT2D eigenvalue weighted by Gasteiger charge is 2.72. The van der Waals surface area contributed by atoms with Crippen LogP contribution in [0.2, 0.25) is 5.02 Å². The average molecular weight is 529 g/mol. The maximum atomic E-state index is 14.3. The number of hydrogen-bond acceptors (Lipinski definition) is 6. The summed E-state index contributed by atoms with van der Waals surface area (Å²) in [6.45, 7) is 4.01. The van der Waals surface area contributed by atoms with Crippen molar-refractivity contribution >= 4 is 35.1 Å². The summed E-state index contributed by atoms with van der Waals surface area (Å²) in [5, 5.41) is 10.9. The molecule has 4 aliphatic rings. The topological polar surface area (TPSA) is 96.4 Å². The SMILES string of the molecule is CC(C)[C@H](CO)N1C(=O)[C@@H]2[C@@H]3C(=O)OCCCC/C=C\[C@@H]3O[C@@]23C=CCN(c2ccc(Cl)cc2)C(=O)C13. The number of allylic oxidation sites excluding steroid dienone is 1. The lowest BCUT2D eigenvalue weighted by molar-refractivity contribution is -0.155. The van der Waals surface area contributed by atoms with Gasteiger partial charge in [0, 0.05) is 17.3 Å². The Morgan fingerprint density at radius 1 is 1.11 bits per heavy atom. The van der Waals surface area contributed by atoms with Gasteiger partial charge in [-0.05, 0) is 49.4 Å². The lowest BCUT2D eigenvalue weighted by atomic mass is 9.78. The van der Waals surface area contributed by atoms with Gasteiger partial charge in [0.1, 0.15) is 17.6 Å². The van der Waals surface area contributed by atoms with E-state index < -0.39 is 41.6 Å². The van der Waals surface area contributed by atoms with Gasteiger partial charge in [-0.25, -0.2) is 0 Å². The maximum absolute atomic E-state index is 14.3. The molecule has 6 atom stereocenters. The summed E-state index contributed by atoms with van der Waals surface area (Å²) in [5.74, 6) is -3.16. The van der Waals surface area contributed by atoms with Gasteiger partial charge < -0.3 is 24.4 Å². The Morgan fingerprint density at radius 2 is 1.86 bits per heavy atom. The number of rotatable bonds is 4. The van der Waals surface area contributed by atoms with E-state index in [1.165, 1.54) is 4.90 Å². The number of amides is 2. The first-order valence-corrected chi connectivity index (χ1v) is 13.4. The van der Waals surface area contributed by atoms with Crippen molar-refractivity contribution in [2.75, 3.05) is 24.7 Å². The fraction of sp³-hybridized carbons (Fsp3) is 0.536. The van der Waals surface area contributed by atoms with E-state index in [9.17, 15) is 19.5 Å². The fourth-order valence-corrected chi connectivity index (χ4v) is 6.31. The Hall–Kier alpha value is -2.68. The molecule has 1 N–H and O–H groups in total. The number of esters is 1. The minimum atomic E-state index is -1.37. The number of ether oxygens (including phenoxy) is 2. The van der Waals surface area contributed by atoms with Crippen molar-refractivity contribution in [3.63, 3.8) is 0 Å². The molecular weight excluding hydrogens is 496 g/mol. The van der Waals surface area contributed by atoms with Crippen LogP contribution in [-0.2, 0) is 23.9 Å². The summed E-state index contributed by atoms with van der Waals surface area (Å²) < 4.78 is 12.2. The fourth-order valence-electron chi connectivity index (χ4n) is 6.19. The van der Waals surface area contributed by atoms with Crippen LogP contribution in [0.1, 0.15) is 33.1 Å². The third kappa shape index (κ3) is 4.29. The summed E-state index contributed by atoms with van der Waals surface area (Å²) >= 11 is 6.08. The molecule has 5 rings (SSSR count). The van der Waals surface area contributed by atoms with Crippen molar-refractivity contribution in [2.24, 2.45) is 17.8 Å². The first kappa shape index (κ1) is 25.9. The number of anilines is 1. The molecule has 0 radical (unpaired) electrons. The summed E-state index contributed by atoms with van der Waals surface area (Å²) in [4.78, 5) is 45.0. The van der Waals surface area contributed by atoms with Gasteiger partial charge in [-0.2, -0.15) is 0 Å². The summed E-state index contributed by atoms with van der Waals surface area (Å²) in [5.41, 5.74) is -0.738. The van der Waals surface area contributed by atoms with Gasteiger partial charge in [-0.15, -0.1) is 0 Å². The molecule has 0 saturated carbocycles. The monoisotopic (exact) mass is 528 g/mol. The van der Waals surface area contributed by atoms with E-state index in [0.717, 1.165) is 19.3 Å². The number of carbonyl (C=O) groups is 3. The predicted octanol–water partition coefficient (Wildman–Crippen LogP) is 3.12. The summed E-state index contributed by atoms with van der Waals surface area (Å²) in [6, 6.07) is 5.24. The number of nitrogens with zero attached hydrogens (tertiary/aromatic N) is 2. The quantitative estimate of drug-likeness (QED) is 0.476. The number of cyclic esters (lactones) is 1. The van der Waals surface area contributed by atoms with Crippen LogP contribution in [0, 0.1) is 17.8 Å². The third-order valence-electron chi connectivity index (χ3n) is 7.99. The molecule has 2 amide bonds. The number of fused-ring (bicyclic) bond motifs is 2. The zero-order valence-electron chi connectivity index (χ0n) is 21.1. The van der Waals surface area contributed by atoms with Crippen LogP contribution in [0.4, 0.5) is 5.69 Å². The van der Waals surface area contributed by atoms with E-state index in [1.54, 1.807) is 35.2 Å².